The van der Waals surface area contributed by atoms with Crippen molar-refractivity contribution in [2.75, 3.05) is 20.1 Å². The summed E-state index contributed by atoms with van der Waals surface area (Å²) < 4.78 is 13.7. The third kappa shape index (κ3) is 2.84. The molecule has 4 nitrogen and oxygen atoms in total. The Morgan fingerprint density at radius 3 is 2.74 bits per heavy atom. The highest BCUT2D eigenvalue weighted by atomic mass is 19.1. The molecule has 0 radical (unpaired) electrons. The number of aryl methyl sites for hydroxylation is 1. The van der Waals surface area contributed by atoms with Gasteiger partial charge in [0.2, 0.25) is 5.91 Å². The van der Waals surface area contributed by atoms with Gasteiger partial charge in [-0.05, 0) is 50.3 Å². The van der Waals surface area contributed by atoms with Gasteiger partial charge in [0.05, 0.1) is 5.54 Å². The fourth-order valence-electron chi connectivity index (χ4n) is 3.84. The molecule has 23 heavy (non-hydrogen) atoms. The van der Waals surface area contributed by atoms with E-state index < -0.39 is 0 Å². The lowest BCUT2D eigenvalue weighted by atomic mass is 9.80. The Bertz CT molecular complexity index is 642. The molecule has 1 atom stereocenters. The molecule has 0 bridgehead atoms. The van der Waals surface area contributed by atoms with Gasteiger partial charge in [-0.2, -0.15) is 0 Å². The van der Waals surface area contributed by atoms with Crippen LogP contribution in [-0.4, -0.2) is 47.3 Å². The smallest absolute Gasteiger partial charge is 0.254 e. The number of halogens is 1. The maximum atomic E-state index is 13.7. The van der Waals surface area contributed by atoms with Crippen LogP contribution in [-0.2, 0) is 4.79 Å². The van der Waals surface area contributed by atoms with E-state index in [0.717, 1.165) is 25.7 Å². The van der Waals surface area contributed by atoms with E-state index in [4.69, 9.17) is 0 Å². The van der Waals surface area contributed by atoms with Crippen LogP contribution in [0.2, 0.25) is 0 Å². The second kappa shape index (κ2) is 5.95. The van der Waals surface area contributed by atoms with E-state index >= 15 is 0 Å². The first kappa shape index (κ1) is 16.0. The lowest BCUT2D eigenvalue weighted by molar-refractivity contribution is -0.142. The van der Waals surface area contributed by atoms with E-state index in [1.807, 2.05) is 11.9 Å². The minimum Gasteiger partial charge on any atom is -0.338 e. The van der Waals surface area contributed by atoms with Gasteiger partial charge >= 0.3 is 0 Å². The largest absolute Gasteiger partial charge is 0.338 e. The van der Waals surface area contributed by atoms with Crippen molar-refractivity contribution in [1.29, 1.82) is 0 Å². The predicted molar refractivity (Wildman–Crippen MR) is 85.6 cm³/mol. The first-order valence-electron chi connectivity index (χ1n) is 8.25. The standard InChI is InChI=1S/C18H23FN2O2/c1-13-6-7-14(11-15(13)19)17(23)21-10-4-9-18(12-21)8-3-5-16(22)20(18)2/h6-7,11H,3-5,8-10,12H2,1-2H3/t18-/m1/s1. The quantitative estimate of drug-likeness (QED) is 0.799. The Morgan fingerprint density at radius 1 is 1.26 bits per heavy atom. The molecule has 2 fully saturated rings. The number of nitrogens with zero attached hydrogens (tertiary/aromatic N) is 2. The zero-order valence-electron chi connectivity index (χ0n) is 13.8. The molecule has 0 unspecified atom stereocenters. The molecule has 1 aromatic carbocycles. The number of carbonyl (C=O) groups is 2. The number of rotatable bonds is 1. The van der Waals surface area contributed by atoms with Crippen molar-refractivity contribution in [2.45, 2.75) is 44.6 Å². The summed E-state index contributed by atoms with van der Waals surface area (Å²) in [5.41, 5.74) is 0.677. The normalized spacial score (nSPS) is 25.1. The number of likely N-dealkylation sites (tertiary alicyclic amines) is 2. The summed E-state index contributed by atoms with van der Waals surface area (Å²) >= 11 is 0. The average Bonchev–Trinajstić information content (AvgIpc) is 2.55. The maximum Gasteiger partial charge on any atom is 0.254 e. The first-order valence-corrected chi connectivity index (χ1v) is 8.25. The molecule has 0 saturated carbocycles. The Kier molecular flexibility index (Phi) is 4.13. The lowest BCUT2D eigenvalue weighted by Crippen LogP contribution is -2.61. The molecule has 2 aliphatic rings. The van der Waals surface area contributed by atoms with Gasteiger partial charge in [0.1, 0.15) is 5.82 Å². The van der Waals surface area contributed by atoms with Crippen LogP contribution in [0.4, 0.5) is 4.39 Å². The second-order valence-corrected chi connectivity index (χ2v) is 6.82. The number of hydrogen-bond donors (Lipinski definition) is 0. The van der Waals surface area contributed by atoms with Gasteiger partial charge in [-0.1, -0.05) is 6.07 Å². The number of carbonyl (C=O) groups excluding carboxylic acids is 2. The van der Waals surface area contributed by atoms with E-state index in [0.29, 0.717) is 30.6 Å². The van der Waals surface area contributed by atoms with E-state index in [1.54, 1.807) is 24.0 Å². The molecule has 2 amide bonds. The summed E-state index contributed by atoms with van der Waals surface area (Å²) in [5.74, 6) is -0.339. The molecule has 2 heterocycles. The highest BCUT2D eigenvalue weighted by molar-refractivity contribution is 5.94. The second-order valence-electron chi connectivity index (χ2n) is 6.82. The fraction of sp³-hybridized carbons (Fsp3) is 0.556. The Morgan fingerprint density at radius 2 is 2.00 bits per heavy atom. The Labute approximate surface area is 136 Å². The van der Waals surface area contributed by atoms with Crippen molar-refractivity contribution in [3.63, 3.8) is 0 Å². The number of benzene rings is 1. The molecule has 0 aliphatic carbocycles. The summed E-state index contributed by atoms with van der Waals surface area (Å²) in [4.78, 5) is 28.4. The van der Waals surface area contributed by atoms with Crippen molar-refractivity contribution in [3.8, 4) is 0 Å². The Hall–Kier alpha value is -1.91. The number of piperidine rings is 2. The van der Waals surface area contributed by atoms with Crippen LogP contribution in [0, 0.1) is 12.7 Å². The van der Waals surface area contributed by atoms with Crippen molar-refractivity contribution in [1.82, 2.24) is 9.80 Å². The molecule has 2 aliphatic heterocycles. The molecular weight excluding hydrogens is 295 g/mol. The first-order chi connectivity index (χ1) is 10.9. The maximum absolute atomic E-state index is 13.7. The summed E-state index contributed by atoms with van der Waals surface area (Å²) in [6.07, 6.45) is 4.21. The van der Waals surface area contributed by atoms with Crippen molar-refractivity contribution in [3.05, 3.63) is 35.1 Å². The van der Waals surface area contributed by atoms with Gasteiger partial charge in [0, 0.05) is 32.1 Å². The highest BCUT2D eigenvalue weighted by Crippen LogP contribution is 2.36. The van der Waals surface area contributed by atoms with E-state index in [2.05, 4.69) is 0 Å². The average molecular weight is 318 g/mol. The topological polar surface area (TPSA) is 40.6 Å². The van der Waals surface area contributed by atoms with Crippen molar-refractivity contribution < 1.29 is 14.0 Å². The van der Waals surface area contributed by atoms with Gasteiger partial charge in [0.15, 0.2) is 0 Å². The SMILES string of the molecule is Cc1ccc(C(=O)N2CCC[C@]3(CCCC(=O)N3C)C2)cc1F. The fourth-order valence-corrected chi connectivity index (χ4v) is 3.84. The monoisotopic (exact) mass is 318 g/mol. The van der Waals surface area contributed by atoms with Crippen LogP contribution in [0.1, 0.15) is 48.0 Å². The molecule has 2 saturated heterocycles. The van der Waals surface area contributed by atoms with Gasteiger partial charge in [-0.15, -0.1) is 0 Å². The van der Waals surface area contributed by atoms with Crippen LogP contribution in [0.25, 0.3) is 0 Å². The number of likely N-dealkylation sites (N-methyl/N-ethyl adjacent to an activating group) is 1. The summed E-state index contributed by atoms with van der Waals surface area (Å²) in [7, 11) is 1.85. The van der Waals surface area contributed by atoms with Gasteiger partial charge in [0.25, 0.3) is 5.91 Å². The zero-order valence-corrected chi connectivity index (χ0v) is 13.8. The number of amides is 2. The zero-order chi connectivity index (χ0) is 16.6. The summed E-state index contributed by atoms with van der Waals surface area (Å²) in [6.45, 7) is 2.89. The Balaban J connectivity index is 1.81. The van der Waals surface area contributed by atoms with Crippen LogP contribution in [0.3, 0.4) is 0 Å². The van der Waals surface area contributed by atoms with Gasteiger partial charge in [-0.3, -0.25) is 9.59 Å². The van der Waals surface area contributed by atoms with Crippen LogP contribution < -0.4 is 0 Å². The molecule has 0 N–H and O–H groups in total. The van der Waals surface area contributed by atoms with Crippen LogP contribution >= 0.6 is 0 Å². The third-order valence-electron chi connectivity index (χ3n) is 5.38. The van der Waals surface area contributed by atoms with Gasteiger partial charge < -0.3 is 9.80 Å². The highest BCUT2D eigenvalue weighted by Gasteiger charge is 2.44. The molecule has 1 spiro atoms. The van der Waals surface area contributed by atoms with Crippen LogP contribution in [0.15, 0.2) is 18.2 Å². The molecule has 5 heteroatoms. The molecule has 124 valence electrons. The molecular formula is C18H23FN2O2. The minimum absolute atomic E-state index is 0.144. The summed E-state index contributed by atoms with van der Waals surface area (Å²) in [6, 6.07) is 4.63. The number of hydrogen-bond acceptors (Lipinski definition) is 2. The molecule has 1 aromatic rings. The van der Waals surface area contributed by atoms with E-state index in [-0.39, 0.29) is 23.2 Å². The van der Waals surface area contributed by atoms with Crippen molar-refractivity contribution >= 4 is 11.8 Å². The minimum atomic E-state index is -0.354. The molecule has 3 rings (SSSR count). The predicted octanol–water partition coefficient (Wildman–Crippen LogP) is 2.75. The van der Waals surface area contributed by atoms with E-state index in [1.165, 1.54) is 6.07 Å². The molecule has 0 aromatic heterocycles. The van der Waals surface area contributed by atoms with E-state index in [9.17, 15) is 14.0 Å². The summed E-state index contributed by atoms with van der Waals surface area (Å²) in [5, 5.41) is 0. The third-order valence-corrected chi connectivity index (χ3v) is 5.38. The van der Waals surface area contributed by atoms with Crippen molar-refractivity contribution in [2.24, 2.45) is 0 Å². The van der Waals surface area contributed by atoms with Crippen LogP contribution in [0.5, 0.6) is 0 Å². The lowest BCUT2D eigenvalue weighted by Gasteiger charge is -2.50. The van der Waals surface area contributed by atoms with Gasteiger partial charge in [-0.25, -0.2) is 4.39 Å².